The monoisotopic (exact) mass is 208 g/mol. The number of anilines is 2. The Hall–Kier alpha value is -1.52. The van der Waals surface area contributed by atoms with E-state index in [4.69, 9.17) is 5.73 Å². The fourth-order valence-corrected chi connectivity index (χ4v) is 1.84. The van der Waals surface area contributed by atoms with E-state index in [1.54, 1.807) is 0 Å². The van der Waals surface area contributed by atoms with Gasteiger partial charge >= 0.3 is 0 Å². The zero-order chi connectivity index (χ0) is 10.7. The van der Waals surface area contributed by atoms with E-state index in [9.17, 15) is 4.79 Å². The van der Waals surface area contributed by atoms with Gasteiger partial charge in [-0.2, -0.15) is 0 Å². The minimum absolute atomic E-state index is 0.175. The highest BCUT2D eigenvalue weighted by atomic mass is 16.1. The highest BCUT2D eigenvalue weighted by molar-refractivity contribution is 5.37. The van der Waals surface area contributed by atoms with Crippen molar-refractivity contribution in [2.75, 3.05) is 23.7 Å². The van der Waals surface area contributed by atoms with Crippen LogP contribution in [0.2, 0.25) is 0 Å². The Morgan fingerprint density at radius 3 is 2.53 bits per heavy atom. The molecule has 0 atom stereocenters. The van der Waals surface area contributed by atoms with Gasteiger partial charge in [0.2, 0.25) is 5.95 Å². The summed E-state index contributed by atoms with van der Waals surface area (Å²) >= 11 is 0. The Bertz CT molecular complexity index is 379. The van der Waals surface area contributed by atoms with Crippen LogP contribution < -0.4 is 16.2 Å². The summed E-state index contributed by atoms with van der Waals surface area (Å²) in [6.45, 7) is 1.93. The van der Waals surface area contributed by atoms with Crippen LogP contribution in [0, 0.1) is 0 Å². The second-order valence-corrected chi connectivity index (χ2v) is 3.89. The molecule has 2 heterocycles. The van der Waals surface area contributed by atoms with Gasteiger partial charge in [-0.25, -0.2) is 4.98 Å². The molecule has 0 spiro atoms. The summed E-state index contributed by atoms with van der Waals surface area (Å²) in [5.74, 6) is 0.649. The van der Waals surface area contributed by atoms with Gasteiger partial charge in [0.15, 0.2) is 0 Å². The number of aromatic amines is 1. The lowest BCUT2D eigenvalue weighted by atomic mass is 10.2. The highest BCUT2D eigenvalue weighted by Gasteiger charge is 2.11. The normalized spacial score (nSPS) is 17.5. The molecule has 2 rings (SSSR count). The molecule has 5 heteroatoms. The van der Waals surface area contributed by atoms with Gasteiger partial charge in [0.25, 0.3) is 5.56 Å². The van der Waals surface area contributed by atoms with Crippen molar-refractivity contribution < 1.29 is 0 Å². The minimum Gasteiger partial charge on any atom is -0.393 e. The molecule has 1 aromatic heterocycles. The van der Waals surface area contributed by atoms with Gasteiger partial charge in [-0.1, -0.05) is 12.8 Å². The predicted molar refractivity (Wildman–Crippen MR) is 60.0 cm³/mol. The average Bonchev–Trinajstić information content (AvgIpc) is 2.50. The van der Waals surface area contributed by atoms with Crippen molar-refractivity contribution >= 4 is 11.6 Å². The summed E-state index contributed by atoms with van der Waals surface area (Å²) in [5.41, 5.74) is 5.35. The lowest BCUT2D eigenvalue weighted by Crippen LogP contribution is -2.28. The van der Waals surface area contributed by atoms with Crippen molar-refractivity contribution in [2.24, 2.45) is 0 Å². The van der Waals surface area contributed by atoms with Crippen LogP contribution in [0.25, 0.3) is 0 Å². The van der Waals surface area contributed by atoms with Crippen LogP contribution in [-0.2, 0) is 0 Å². The fraction of sp³-hybridized carbons (Fsp3) is 0.600. The van der Waals surface area contributed by atoms with Crippen molar-refractivity contribution in [3.8, 4) is 0 Å². The first kappa shape index (κ1) is 10.0. The summed E-state index contributed by atoms with van der Waals surface area (Å²) in [5, 5.41) is 0. The molecule has 0 amide bonds. The Kier molecular flexibility index (Phi) is 2.89. The van der Waals surface area contributed by atoms with Crippen molar-refractivity contribution in [1.29, 1.82) is 0 Å². The Morgan fingerprint density at radius 2 is 1.93 bits per heavy atom. The van der Waals surface area contributed by atoms with Crippen molar-refractivity contribution in [3.05, 3.63) is 16.6 Å². The molecule has 0 bridgehead atoms. The number of nitrogens with two attached hydrogens (primary N) is 1. The third kappa shape index (κ3) is 2.29. The Labute approximate surface area is 88.3 Å². The van der Waals surface area contributed by atoms with Gasteiger partial charge in [0, 0.05) is 13.1 Å². The van der Waals surface area contributed by atoms with Crippen molar-refractivity contribution in [3.63, 3.8) is 0 Å². The smallest absolute Gasteiger partial charge is 0.275 e. The number of nitrogens with one attached hydrogen (secondary N) is 1. The molecule has 1 aliphatic heterocycles. The third-order valence-electron chi connectivity index (χ3n) is 2.72. The maximum absolute atomic E-state index is 11.3. The molecule has 0 radical (unpaired) electrons. The molecule has 15 heavy (non-hydrogen) atoms. The highest BCUT2D eigenvalue weighted by Crippen LogP contribution is 2.14. The van der Waals surface area contributed by atoms with Crippen LogP contribution >= 0.6 is 0 Å². The number of rotatable bonds is 1. The standard InChI is InChI=1S/C10H16N4O/c11-8-7-12-10(13-9(8)15)14-5-3-1-2-4-6-14/h7H,1-6,11H2,(H,12,13,15). The maximum atomic E-state index is 11.3. The first-order valence-corrected chi connectivity index (χ1v) is 5.37. The molecule has 1 aromatic rings. The van der Waals surface area contributed by atoms with E-state index in [1.165, 1.54) is 19.0 Å². The number of aromatic nitrogens is 2. The van der Waals surface area contributed by atoms with E-state index in [-0.39, 0.29) is 11.2 Å². The predicted octanol–water partition coefficient (Wildman–Crippen LogP) is 0.732. The molecule has 5 nitrogen and oxygen atoms in total. The fourth-order valence-electron chi connectivity index (χ4n) is 1.84. The largest absolute Gasteiger partial charge is 0.393 e. The lowest BCUT2D eigenvalue weighted by Gasteiger charge is -2.20. The van der Waals surface area contributed by atoms with Gasteiger partial charge in [-0.3, -0.25) is 9.78 Å². The van der Waals surface area contributed by atoms with E-state index < -0.39 is 0 Å². The summed E-state index contributed by atoms with van der Waals surface area (Å²) < 4.78 is 0. The summed E-state index contributed by atoms with van der Waals surface area (Å²) in [6.07, 6.45) is 6.27. The molecule has 1 saturated heterocycles. The van der Waals surface area contributed by atoms with E-state index in [2.05, 4.69) is 14.9 Å². The first-order valence-electron chi connectivity index (χ1n) is 5.37. The summed E-state index contributed by atoms with van der Waals surface area (Å²) in [7, 11) is 0. The number of hydrogen-bond acceptors (Lipinski definition) is 4. The minimum atomic E-state index is -0.246. The Balaban J connectivity index is 2.20. The van der Waals surface area contributed by atoms with Crippen molar-refractivity contribution in [1.82, 2.24) is 9.97 Å². The van der Waals surface area contributed by atoms with Crippen LogP contribution in [0.4, 0.5) is 11.6 Å². The molecule has 0 aromatic carbocycles. The summed E-state index contributed by atoms with van der Waals surface area (Å²) in [6, 6.07) is 0. The molecule has 1 fully saturated rings. The van der Waals surface area contributed by atoms with Gasteiger partial charge in [0.05, 0.1) is 6.20 Å². The average molecular weight is 208 g/mol. The zero-order valence-corrected chi connectivity index (χ0v) is 8.70. The number of nitrogens with zero attached hydrogens (tertiary/aromatic N) is 2. The first-order chi connectivity index (χ1) is 7.27. The van der Waals surface area contributed by atoms with Gasteiger partial charge < -0.3 is 10.6 Å². The maximum Gasteiger partial charge on any atom is 0.275 e. The molecule has 0 saturated carbocycles. The molecular formula is C10H16N4O. The second kappa shape index (κ2) is 4.33. The molecule has 0 aliphatic carbocycles. The SMILES string of the molecule is Nc1cnc(N2CCCCCC2)[nH]c1=O. The van der Waals surface area contributed by atoms with Crippen molar-refractivity contribution in [2.45, 2.75) is 25.7 Å². The third-order valence-corrected chi connectivity index (χ3v) is 2.72. The van der Waals surface area contributed by atoms with E-state index in [1.807, 2.05) is 0 Å². The Morgan fingerprint density at radius 1 is 1.27 bits per heavy atom. The molecular weight excluding hydrogens is 192 g/mol. The van der Waals surface area contributed by atoms with Gasteiger partial charge in [-0.15, -0.1) is 0 Å². The lowest BCUT2D eigenvalue weighted by molar-refractivity contribution is 0.726. The van der Waals surface area contributed by atoms with Gasteiger partial charge in [-0.05, 0) is 12.8 Å². The topological polar surface area (TPSA) is 75.0 Å². The molecule has 82 valence electrons. The van der Waals surface area contributed by atoms with E-state index in [0.29, 0.717) is 5.95 Å². The number of H-pyrrole nitrogens is 1. The number of nitrogen functional groups attached to an aromatic ring is 1. The van der Waals surface area contributed by atoms with Crippen LogP contribution in [0.1, 0.15) is 25.7 Å². The van der Waals surface area contributed by atoms with E-state index >= 15 is 0 Å². The van der Waals surface area contributed by atoms with Crippen LogP contribution in [0.15, 0.2) is 11.0 Å². The quantitative estimate of drug-likeness (QED) is 0.713. The summed E-state index contributed by atoms with van der Waals surface area (Å²) in [4.78, 5) is 20.3. The van der Waals surface area contributed by atoms with Crippen LogP contribution in [0.3, 0.4) is 0 Å². The van der Waals surface area contributed by atoms with Crippen LogP contribution in [0.5, 0.6) is 0 Å². The molecule has 1 aliphatic rings. The molecule has 0 unspecified atom stereocenters. The molecule has 3 N–H and O–H groups in total. The zero-order valence-electron chi connectivity index (χ0n) is 8.70. The second-order valence-electron chi connectivity index (χ2n) is 3.89. The number of hydrogen-bond donors (Lipinski definition) is 2. The van der Waals surface area contributed by atoms with Gasteiger partial charge in [0.1, 0.15) is 5.69 Å². The van der Waals surface area contributed by atoms with Crippen LogP contribution in [-0.4, -0.2) is 23.1 Å². The van der Waals surface area contributed by atoms with E-state index in [0.717, 1.165) is 25.9 Å².